The lowest BCUT2D eigenvalue weighted by molar-refractivity contribution is -0.384. The zero-order chi connectivity index (χ0) is 13.1. The number of nitro groups is 1. The van der Waals surface area contributed by atoms with Crippen LogP contribution in [0, 0.1) is 17.0 Å². The second-order valence-corrected chi connectivity index (χ2v) is 5.14. The first-order valence-electron chi connectivity index (χ1n) is 5.53. The van der Waals surface area contributed by atoms with Gasteiger partial charge in [0.15, 0.2) is 0 Å². The van der Waals surface area contributed by atoms with E-state index in [0.29, 0.717) is 6.54 Å². The largest absolute Gasteiger partial charge is 0.330 e. The van der Waals surface area contributed by atoms with Gasteiger partial charge in [-0.05, 0) is 32.0 Å². The molecule has 0 aliphatic heterocycles. The number of benzene rings is 1. The topological polar surface area (TPSA) is 82.0 Å². The molecule has 1 aromatic carbocycles. The van der Waals surface area contributed by atoms with Gasteiger partial charge in [0.25, 0.3) is 5.69 Å². The molecule has 0 saturated heterocycles. The third-order valence-electron chi connectivity index (χ3n) is 2.53. The van der Waals surface area contributed by atoms with Gasteiger partial charge in [0, 0.05) is 22.6 Å². The van der Waals surface area contributed by atoms with Crippen LogP contribution >= 0.6 is 11.3 Å². The van der Waals surface area contributed by atoms with Gasteiger partial charge in [-0.15, -0.1) is 11.3 Å². The molecule has 0 aliphatic rings. The minimum atomic E-state index is -0.406. The van der Waals surface area contributed by atoms with Crippen molar-refractivity contribution in [1.82, 2.24) is 4.98 Å². The first-order chi connectivity index (χ1) is 8.61. The van der Waals surface area contributed by atoms with Gasteiger partial charge >= 0.3 is 0 Å². The Kier molecular flexibility index (Phi) is 3.69. The van der Waals surface area contributed by atoms with Crippen LogP contribution in [0.3, 0.4) is 0 Å². The Morgan fingerprint density at radius 3 is 2.61 bits per heavy atom. The number of thiazole rings is 1. The molecule has 2 rings (SSSR count). The molecule has 0 atom stereocenters. The summed E-state index contributed by atoms with van der Waals surface area (Å²) in [5, 5.41) is 11.6. The second kappa shape index (κ2) is 5.24. The molecule has 0 spiro atoms. The molecule has 0 radical (unpaired) electrons. The van der Waals surface area contributed by atoms with E-state index in [0.717, 1.165) is 27.6 Å². The number of nitrogens with two attached hydrogens (primary N) is 1. The third kappa shape index (κ3) is 2.55. The summed E-state index contributed by atoms with van der Waals surface area (Å²) < 4.78 is 0. The van der Waals surface area contributed by atoms with Crippen LogP contribution < -0.4 is 5.73 Å². The predicted octanol–water partition coefficient (Wildman–Crippen LogP) is 2.53. The highest BCUT2D eigenvalue weighted by Crippen LogP contribution is 2.29. The van der Waals surface area contributed by atoms with Gasteiger partial charge in [-0.25, -0.2) is 4.98 Å². The maximum atomic E-state index is 10.6. The van der Waals surface area contributed by atoms with E-state index < -0.39 is 4.92 Å². The summed E-state index contributed by atoms with van der Waals surface area (Å²) in [6, 6.07) is 6.45. The number of non-ortho nitro benzene ring substituents is 1. The highest BCUT2D eigenvalue weighted by Gasteiger charge is 2.12. The molecule has 6 heteroatoms. The van der Waals surface area contributed by atoms with Crippen molar-refractivity contribution >= 4 is 17.0 Å². The van der Waals surface area contributed by atoms with Crippen LogP contribution in [0.4, 0.5) is 5.69 Å². The minimum absolute atomic E-state index is 0.0890. The molecule has 0 bridgehead atoms. The molecule has 1 heterocycles. The molecular weight excluding hydrogens is 250 g/mol. The summed E-state index contributed by atoms with van der Waals surface area (Å²) in [4.78, 5) is 15.8. The van der Waals surface area contributed by atoms with E-state index in [2.05, 4.69) is 4.98 Å². The molecule has 18 heavy (non-hydrogen) atoms. The standard InChI is InChI=1S/C12H13N3O2S/c1-8-14-12(11(18-8)6-7-13)9-2-4-10(5-3-9)15(16)17/h2-5H,6-7,13H2,1H3. The smallest absolute Gasteiger partial charge is 0.269 e. The minimum Gasteiger partial charge on any atom is -0.330 e. The number of nitrogens with zero attached hydrogens (tertiary/aromatic N) is 2. The maximum absolute atomic E-state index is 10.6. The summed E-state index contributed by atoms with van der Waals surface area (Å²) in [6.45, 7) is 2.52. The number of hydrogen-bond acceptors (Lipinski definition) is 5. The molecule has 1 aromatic heterocycles. The Morgan fingerprint density at radius 1 is 1.39 bits per heavy atom. The van der Waals surface area contributed by atoms with E-state index in [1.54, 1.807) is 23.5 Å². The molecule has 94 valence electrons. The average molecular weight is 263 g/mol. The lowest BCUT2D eigenvalue weighted by Gasteiger charge is -2.00. The van der Waals surface area contributed by atoms with Gasteiger partial charge in [0.1, 0.15) is 0 Å². The zero-order valence-corrected chi connectivity index (χ0v) is 10.7. The van der Waals surface area contributed by atoms with E-state index in [4.69, 9.17) is 5.73 Å². The fourth-order valence-electron chi connectivity index (χ4n) is 1.74. The fourth-order valence-corrected chi connectivity index (χ4v) is 2.71. The molecular formula is C12H13N3O2S. The van der Waals surface area contributed by atoms with Crippen molar-refractivity contribution in [3.05, 3.63) is 44.3 Å². The quantitative estimate of drug-likeness (QED) is 0.678. The van der Waals surface area contributed by atoms with E-state index in [1.165, 1.54) is 12.1 Å². The summed E-state index contributed by atoms with van der Waals surface area (Å²) in [7, 11) is 0. The molecule has 0 amide bonds. The lowest BCUT2D eigenvalue weighted by Crippen LogP contribution is -2.02. The number of aryl methyl sites for hydroxylation is 1. The monoisotopic (exact) mass is 263 g/mol. The Morgan fingerprint density at radius 2 is 2.06 bits per heavy atom. The van der Waals surface area contributed by atoms with Crippen LogP contribution in [0.25, 0.3) is 11.3 Å². The van der Waals surface area contributed by atoms with Gasteiger partial charge in [-0.1, -0.05) is 0 Å². The highest BCUT2D eigenvalue weighted by atomic mass is 32.1. The van der Waals surface area contributed by atoms with E-state index >= 15 is 0 Å². The summed E-state index contributed by atoms with van der Waals surface area (Å²) in [6.07, 6.45) is 0.776. The van der Waals surface area contributed by atoms with E-state index in [1.807, 2.05) is 6.92 Å². The number of nitro benzene ring substituents is 1. The first kappa shape index (κ1) is 12.7. The van der Waals surface area contributed by atoms with Crippen molar-refractivity contribution in [2.24, 2.45) is 5.73 Å². The van der Waals surface area contributed by atoms with Crippen molar-refractivity contribution in [3.63, 3.8) is 0 Å². The third-order valence-corrected chi connectivity index (χ3v) is 3.56. The molecule has 2 aromatic rings. The molecule has 2 N–H and O–H groups in total. The summed E-state index contributed by atoms with van der Waals surface area (Å²) >= 11 is 1.62. The first-order valence-corrected chi connectivity index (χ1v) is 6.34. The van der Waals surface area contributed by atoms with Crippen molar-refractivity contribution in [2.75, 3.05) is 6.54 Å². The van der Waals surface area contributed by atoms with Crippen molar-refractivity contribution in [2.45, 2.75) is 13.3 Å². The van der Waals surface area contributed by atoms with Gasteiger partial charge in [0.05, 0.1) is 15.6 Å². The number of aromatic nitrogens is 1. The van der Waals surface area contributed by atoms with Crippen LogP contribution in [0.1, 0.15) is 9.88 Å². The Hall–Kier alpha value is -1.79. The highest BCUT2D eigenvalue weighted by molar-refractivity contribution is 7.12. The zero-order valence-electron chi connectivity index (χ0n) is 9.92. The SMILES string of the molecule is Cc1nc(-c2ccc([N+](=O)[O-])cc2)c(CCN)s1. The summed E-state index contributed by atoms with van der Waals surface area (Å²) in [5.74, 6) is 0. The van der Waals surface area contributed by atoms with Gasteiger partial charge in [-0.3, -0.25) is 10.1 Å². The molecule has 0 unspecified atom stereocenters. The van der Waals surface area contributed by atoms with Crippen molar-refractivity contribution in [1.29, 1.82) is 0 Å². The number of rotatable bonds is 4. The number of hydrogen-bond donors (Lipinski definition) is 1. The summed E-state index contributed by atoms with van der Waals surface area (Å²) in [5.41, 5.74) is 7.44. The molecule has 0 fully saturated rings. The van der Waals surface area contributed by atoms with Crippen LogP contribution in [-0.4, -0.2) is 16.5 Å². The van der Waals surface area contributed by atoms with Gasteiger partial charge in [0.2, 0.25) is 0 Å². The van der Waals surface area contributed by atoms with Crippen molar-refractivity contribution in [3.8, 4) is 11.3 Å². The van der Waals surface area contributed by atoms with E-state index in [9.17, 15) is 10.1 Å². The molecule has 0 saturated carbocycles. The predicted molar refractivity (Wildman–Crippen MR) is 71.7 cm³/mol. The van der Waals surface area contributed by atoms with Gasteiger partial charge in [-0.2, -0.15) is 0 Å². The molecule has 5 nitrogen and oxygen atoms in total. The lowest BCUT2D eigenvalue weighted by atomic mass is 10.1. The Bertz CT molecular complexity index is 563. The van der Waals surface area contributed by atoms with Crippen LogP contribution in [0.2, 0.25) is 0 Å². The molecule has 0 aliphatic carbocycles. The Labute approximate surface area is 108 Å². The van der Waals surface area contributed by atoms with E-state index in [-0.39, 0.29) is 5.69 Å². The fraction of sp³-hybridized carbons (Fsp3) is 0.250. The van der Waals surface area contributed by atoms with Crippen LogP contribution in [-0.2, 0) is 6.42 Å². The van der Waals surface area contributed by atoms with Crippen molar-refractivity contribution < 1.29 is 4.92 Å². The van der Waals surface area contributed by atoms with Crippen LogP contribution in [0.5, 0.6) is 0 Å². The maximum Gasteiger partial charge on any atom is 0.269 e. The average Bonchev–Trinajstić information content (AvgIpc) is 2.71. The van der Waals surface area contributed by atoms with Crippen LogP contribution in [0.15, 0.2) is 24.3 Å². The second-order valence-electron chi connectivity index (χ2n) is 3.85. The normalized spacial score (nSPS) is 10.6. The van der Waals surface area contributed by atoms with Gasteiger partial charge < -0.3 is 5.73 Å². The Balaban J connectivity index is 2.38.